The Morgan fingerprint density at radius 1 is 1.21 bits per heavy atom. The minimum absolute atomic E-state index is 0.131. The molecule has 1 aromatic carbocycles. The lowest BCUT2D eigenvalue weighted by atomic mass is 9.88. The Morgan fingerprint density at radius 2 is 1.92 bits per heavy atom. The lowest BCUT2D eigenvalue weighted by molar-refractivity contribution is -0.150. The third kappa shape index (κ3) is 3.74. The molecule has 1 N–H and O–H groups in total. The van der Waals surface area contributed by atoms with Crippen molar-refractivity contribution in [1.29, 1.82) is 0 Å². The van der Waals surface area contributed by atoms with Gasteiger partial charge in [-0.25, -0.2) is 9.78 Å². The average molecular weight is 347 g/mol. The molecule has 1 aromatic heterocycles. The molecular weight excluding hydrogens is 328 g/mol. The van der Waals surface area contributed by atoms with E-state index in [9.17, 15) is 9.59 Å². The number of ether oxygens (including phenoxy) is 1. The summed E-state index contributed by atoms with van der Waals surface area (Å²) in [7, 11) is 0. The fourth-order valence-corrected chi connectivity index (χ4v) is 2.63. The van der Waals surface area contributed by atoms with E-state index < -0.39 is 17.4 Å². The Morgan fingerprint density at radius 3 is 2.54 bits per heavy atom. The van der Waals surface area contributed by atoms with Crippen molar-refractivity contribution in [3.8, 4) is 0 Å². The summed E-state index contributed by atoms with van der Waals surface area (Å²) in [6.07, 6.45) is 0. The van der Waals surface area contributed by atoms with E-state index in [1.807, 2.05) is 25.1 Å². The van der Waals surface area contributed by atoms with E-state index >= 15 is 0 Å². The highest BCUT2D eigenvalue weighted by atomic mass is 35.5. The second-order valence-electron chi connectivity index (χ2n) is 5.46. The average Bonchev–Trinajstić information content (AvgIpc) is 2.55. The summed E-state index contributed by atoms with van der Waals surface area (Å²) in [6, 6.07) is 12.1. The molecule has 0 saturated carbocycles. The number of hydrogen-bond acceptors (Lipinski definition) is 4. The number of aryl methyl sites for hydroxylation is 1. The molecule has 0 bridgehead atoms. The Balaban J connectivity index is 2.42. The number of aromatic nitrogens is 1. The maximum absolute atomic E-state index is 12.6. The molecule has 0 spiro atoms. The van der Waals surface area contributed by atoms with Gasteiger partial charge in [0.1, 0.15) is 10.8 Å². The molecule has 2 rings (SSSR count). The minimum atomic E-state index is -1.33. The molecule has 0 unspecified atom stereocenters. The van der Waals surface area contributed by atoms with Crippen LogP contribution in [0.1, 0.15) is 35.5 Å². The zero-order chi connectivity index (χ0) is 17.7. The Kier molecular flexibility index (Phi) is 5.57. The standard InChI is InChI=1S/C18H19ClN2O3/c1-4-24-17(23)18(3,13-9-6-5-8-12(13)2)21-16(22)14-10-7-11-15(19)20-14/h5-11H,4H2,1-3H3,(H,21,22)/t18-/m0/s1. The van der Waals surface area contributed by atoms with E-state index in [1.165, 1.54) is 6.07 Å². The molecule has 1 amide bonds. The molecule has 0 saturated heterocycles. The van der Waals surface area contributed by atoms with Crippen LogP contribution in [0.15, 0.2) is 42.5 Å². The number of benzene rings is 1. The van der Waals surface area contributed by atoms with Crippen molar-refractivity contribution in [3.63, 3.8) is 0 Å². The highest BCUT2D eigenvalue weighted by Gasteiger charge is 2.39. The molecule has 6 heteroatoms. The number of carbonyl (C=O) groups excluding carboxylic acids is 2. The molecule has 0 fully saturated rings. The van der Waals surface area contributed by atoms with Gasteiger partial charge in [0, 0.05) is 0 Å². The van der Waals surface area contributed by atoms with Gasteiger partial charge in [-0.15, -0.1) is 0 Å². The lowest BCUT2D eigenvalue weighted by Gasteiger charge is -2.30. The molecule has 5 nitrogen and oxygen atoms in total. The first-order valence-corrected chi connectivity index (χ1v) is 7.94. The number of hydrogen-bond donors (Lipinski definition) is 1. The first kappa shape index (κ1) is 17.9. The van der Waals surface area contributed by atoms with Crippen molar-refractivity contribution in [1.82, 2.24) is 10.3 Å². The van der Waals surface area contributed by atoms with Crippen LogP contribution in [0, 0.1) is 6.92 Å². The van der Waals surface area contributed by atoms with Crippen LogP contribution in [0.3, 0.4) is 0 Å². The number of halogens is 1. The van der Waals surface area contributed by atoms with Crippen LogP contribution in [0.2, 0.25) is 5.15 Å². The second-order valence-corrected chi connectivity index (χ2v) is 5.85. The molecule has 0 aliphatic carbocycles. The molecule has 2 aromatic rings. The fraction of sp³-hybridized carbons (Fsp3) is 0.278. The van der Waals surface area contributed by atoms with Gasteiger partial charge in [-0.05, 0) is 44.0 Å². The lowest BCUT2D eigenvalue weighted by Crippen LogP contribution is -2.51. The van der Waals surface area contributed by atoms with Crippen molar-refractivity contribution in [2.24, 2.45) is 0 Å². The fourth-order valence-electron chi connectivity index (χ4n) is 2.46. The number of nitrogens with zero attached hydrogens (tertiary/aromatic N) is 1. The third-order valence-corrected chi connectivity index (χ3v) is 3.89. The summed E-state index contributed by atoms with van der Waals surface area (Å²) in [5.74, 6) is -1.04. The summed E-state index contributed by atoms with van der Waals surface area (Å²) < 4.78 is 5.18. The summed E-state index contributed by atoms with van der Waals surface area (Å²) in [5, 5.41) is 2.95. The molecule has 24 heavy (non-hydrogen) atoms. The molecule has 0 aliphatic heterocycles. The number of pyridine rings is 1. The van der Waals surface area contributed by atoms with E-state index in [2.05, 4.69) is 10.3 Å². The van der Waals surface area contributed by atoms with E-state index in [1.54, 1.807) is 32.0 Å². The first-order chi connectivity index (χ1) is 11.4. The third-order valence-electron chi connectivity index (χ3n) is 3.68. The first-order valence-electron chi connectivity index (χ1n) is 7.57. The Bertz CT molecular complexity index is 763. The van der Waals surface area contributed by atoms with Crippen molar-refractivity contribution in [2.75, 3.05) is 6.61 Å². The van der Waals surface area contributed by atoms with Gasteiger partial charge in [0.2, 0.25) is 0 Å². The zero-order valence-corrected chi connectivity index (χ0v) is 14.6. The summed E-state index contributed by atoms with van der Waals surface area (Å²) in [5.41, 5.74) is 0.334. The summed E-state index contributed by atoms with van der Waals surface area (Å²) in [4.78, 5) is 29.1. The quantitative estimate of drug-likeness (QED) is 0.666. The van der Waals surface area contributed by atoms with E-state index in [0.717, 1.165) is 5.56 Å². The van der Waals surface area contributed by atoms with Crippen LogP contribution in [-0.4, -0.2) is 23.5 Å². The van der Waals surface area contributed by atoms with Gasteiger partial charge >= 0.3 is 5.97 Å². The highest BCUT2D eigenvalue weighted by molar-refractivity contribution is 6.29. The SMILES string of the molecule is CCOC(=O)[C@@](C)(NC(=O)c1cccc(Cl)n1)c1ccccc1C. The van der Waals surface area contributed by atoms with Crippen LogP contribution in [-0.2, 0) is 15.1 Å². The summed E-state index contributed by atoms with van der Waals surface area (Å²) in [6.45, 7) is 5.43. The highest BCUT2D eigenvalue weighted by Crippen LogP contribution is 2.26. The van der Waals surface area contributed by atoms with Crippen LogP contribution in [0.5, 0.6) is 0 Å². The van der Waals surface area contributed by atoms with Gasteiger partial charge in [0.25, 0.3) is 5.91 Å². The second kappa shape index (κ2) is 7.45. The van der Waals surface area contributed by atoms with Crippen molar-refractivity contribution in [2.45, 2.75) is 26.3 Å². The maximum Gasteiger partial charge on any atom is 0.336 e. The summed E-state index contributed by atoms with van der Waals surface area (Å²) >= 11 is 5.83. The Labute approximate surface area is 146 Å². The predicted molar refractivity (Wildman–Crippen MR) is 91.9 cm³/mol. The maximum atomic E-state index is 12.6. The molecule has 1 heterocycles. The van der Waals surface area contributed by atoms with Gasteiger partial charge in [0.05, 0.1) is 6.61 Å². The molecule has 1 atom stereocenters. The molecule has 0 radical (unpaired) electrons. The van der Waals surface area contributed by atoms with E-state index in [0.29, 0.717) is 5.56 Å². The number of esters is 1. The van der Waals surface area contributed by atoms with Gasteiger partial charge < -0.3 is 10.1 Å². The smallest absolute Gasteiger partial charge is 0.336 e. The van der Waals surface area contributed by atoms with E-state index in [4.69, 9.17) is 16.3 Å². The van der Waals surface area contributed by atoms with Gasteiger partial charge in [-0.1, -0.05) is 41.9 Å². The normalized spacial score (nSPS) is 13.0. The monoisotopic (exact) mass is 346 g/mol. The van der Waals surface area contributed by atoms with Crippen LogP contribution in [0.4, 0.5) is 0 Å². The minimum Gasteiger partial charge on any atom is -0.464 e. The van der Waals surface area contributed by atoms with Crippen LogP contribution < -0.4 is 5.32 Å². The number of amides is 1. The largest absolute Gasteiger partial charge is 0.464 e. The Hall–Kier alpha value is -2.40. The van der Waals surface area contributed by atoms with Crippen LogP contribution in [0.25, 0.3) is 0 Å². The predicted octanol–water partition coefficient (Wildman–Crippen LogP) is 3.25. The van der Waals surface area contributed by atoms with E-state index in [-0.39, 0.29) is 17.5 Å². The zero-order valence-electron chi connectivity index (χ0n) is 13.8. The molecule has 126 valence electrons. The van der Waals surface area contributed by atoms with Crippen molar-refractivity contribution in [3.05, 3.63) is 64.4 Å². The van der Waals surface area contributed by atoms with Gasteiger partial charge in [0.15, 0.2) is 5.54 Å². The molecule has 0 aliphatic rings. The van der Waals surface area contributed by atoms with Crippen LogP contribution >= 0.6 is 11.6 Å². The molecular formula is C18H19ClN2O3. The van der Waals surface area contributed by atoms with Crippen molar-refractivity contribution < 1.29 is 14.3 Å². The van der Waals surface area contributed by atoms with Crippen molar-refractivity contribution >= 4 is 23.5 Å². The topological polar surface area (TPSA) is 68.3 Å². The van der Waals surface area contributed by atoms with Gasteiger partial charge in [-0.2, -0.15) is 0 Å². The number of carbonyl (C=O) groups is 2. The number of rotatable bonds is 5. The van der Waals surface area contributed by atoms with Gasteiger partial charge in [-0.3, -0.25) is 4.79 Å². The number of nitrogens with one attached hydrogen (secondary N) is 1.